The van der Waals surface area contributed by atoms with E-state index in [9.17, 15) is 9.59 Å². The highest BCUT2D eigenvalue weighted by Gasteiger charge is 2.31. The Morgan fingerprint density at radius 2 is 1.79 bits per heavy atom. The van der Waals surface area contributed by atoms with Crippen molar-refractivity contribution in [2.24, 2.45) is 0 Å². The summed E-state index contributed by atoms with van der Waals surface area (Å²) in [6.45, 7) is 6.38. The summed E-state index contributed by atoms with van der Waals surface area (Å²) in [6, 6.07) is 7.28. The molecule has 104 valence electrons. The van der Waals surface area contributed by atoms with Gasteiger partial charge in [-0.1, -0.05) is 17.7 Å². The fourth-order valence-electron chi connectivity index (χ4n) is 1.34. The van der Waals surface area contributed by atoms with E-state index in [2.05, 4.69) is 5.32 Å². The van der Waals surface area contributed by atoms with Crippen LogP contribution in [0, 0.1) is 6.92 Å². The van der Waals surface area contributed by atoms with Gasteiger partial charge in [-0.15, -0.1) is 0 Å². The molecule has 5 heteroatoms. The Hall–Kier alpha value is -2.04. The number of carboxylic acids is 1. The van der Waals surface area contributed by atoms with E-state index in [0.717, 1.165) is 5.56 Å². The summed E-state index contributed by atoms with van der Waals surface area (Å²) in [7, 11) is 0. The first kappa shape index (κ1) is 15.0. The smallest absolute Gasteiger partial charge is 0.328 e. The van der Waals surface area contributed by atoms with Crippen molar-refractivity contribution in [1.29, 1.82) is 0 Å². The van der Waals surface area contributed by atoms with E-state index in [1.54, 1.807) is 19.1 Å². The van der Waals surface area contributed by atoms with E-state index in [1.807, 2.05) is 19.1 Å². The van der Waals surface area contributed by atoms with Crippen molar-refractivity contribution in [2.75, 3.05) is 0 Å². The average Bonchev–Trinajstić information content (AvgIpc) is 2.31. The maximum Gasteiger partial charge on any atom is 0.328 e. The van der Waals surface area contributed by atoms with Crippen LogP contribution in [0.3, 0.4) is 0 Å². The van der Waals surface area contributed by atoms with Crippen molar-refractivity contribution in [3.8, 4) is 5.75 Å². The number of carbonyl (C=O) groups is 2. The van der Waals surface area contributed by atoms with E-state index in [4.69, 9.17) is 9.84 Å². The van der Waals surface area contributed by atoms with E-state index in [-0.39, 0.29) is 0 Å². The molecule has 0 aliphatic rings. The summed E-state index contributed by atoms with van der Waals surface area (Å²) in [6.07, 6.45) is -0.763. The fraction of sp³-hybridized carbons (Fsp3) is 0.429. The number of amides is 1. The van der Waals surface area contributed by atoms with E-state index < -0.39 is 23.5 Å². The van der Waals surface area contributed by atoms with Gasteiger partial charge in [-0.3, -0.25) is 4.79 Å². The molecule has 0 heterocycles. The molecule has 1 aromatic carbocycles. The van der Waals surface area contributed by atoms with Gasteiger partial charge < -0.3 is 15.2 Å². The lowest BCUT2D eigenvalue weighted by Gasteiger charge is -2.23. The Kier molecular flexibility index (Phi) is 4.53. The molecule has 0 spiro atoms. The van der Waals surface area contributed by atoms with Gasteiger partial charge in [0.05, 0.1) is 0 Å². The highest BCUT2D eigenvalue weighted by molar-refractivity contribution is 5.88. The summed E-state index contributed by atoms with van der Waals surface area (Å²) in [5.74, 6) is -0.988. The molecule has 1 atom stereocenters. The van der Waals surface area contributed by atoms with Crippen LogP contribution in [0.5, 0.6) is 5.75 Å². The van der Waals surface area contributed by atoms with Crippen molar-refractivity contribution in [1.82, 2.24) is 5.32 Å². The van der Waals surface area contributed by atoms with Crippen LogP contribution in [-0.4, -0.2) is 28.6 Å². The topological polar surface area (TPSA) is 75.6 Å². The van der Waals surface area contributed by atoms with Crippen molar-refractivity contribution in [2.45, 2.75) is 39.3 Å². The fourth-order valence-corrected chi connectivity index (χ4v) is 1.34. The van der Waals surface area contributed by atoms with Gasteiger partial charge in [-0.05, 0) is 39.8 Å². The van der Waals surface area contributed by atoms with Gasteiger partial charge in [0, 0.05) is 0 Å². The van der Waals surface area contributed by atoms with Gasteiger partial charge in [0.15, 0.2) is 6.10 Å². The number of aliphatic carboxylic acids is 1. The zero-order valence-electron chi connectivity index (χ0n) is 11.6. The average molecular weight is 265 g/mol. The molecule has 1 aromatic rings. The van der Waals surface area contributed by atoms with Crippen LogP contribution < -0.4 is 10.1 Å². The minimum absolute atomic E-state index is 0.465. The van der Waals surface area contributed by atoms with Crippen LogP contribution in [0.15, 0.2) is 24.3 Å². The largest absolute Gasteiger partial charge is 0.481 e. The Bertz CT molecular complexity index is 465. The Labute approximate surface area is 112 Å². The molecule has 1 rings (SSSR count). The standard InChI is InChI=1S/C14H19NO4/c1-9-5-7-11(8-6-9)19-10(2)12(16)15-14(3,4)13(17)18/h5-8,10H,1-4H3,(H,15,16)(H,17,18). The predicted octanol–water partition coefficient (Wildman–Crippen LogP) is 1.74. The molecule has 1 amide bonds. The minimum Gasteiger partial charge on any atom is -0.481 e. The quantitative estimate of drug-likeness (QED) is 0.850. The normalized spacial score (nSPS) is 12.6. The van der Waals surface area contributed by atoms with Crippen LogP contribution >= 0.6 is 0 Å². The molecule has 0 fully saturated rings. The summed E-state index contributed by atoms with van der Waals surface area (Å²) in [5.41, 5.74) is -0.224. The van der Waals surface area contributed by atoms with Crippen molar-refractivity contribution in [3.05, 3.63) is 29.8 Å². The van der Waals surface area contributed by atoms with Gasteiger partial charge in [0.2, 0.25) is 0 Å². The first-order valence-corrected chi connectivity index (χ1v) is 6.01. The van der Waals surface area contributed by atoms with Crippen LogP contribution in [0.4, 0.5) is 0 Å². The molecule has 0 aliphatic carbocycles. The van der Waals surface area contributed by atoms with Crippen molar-refractivity contribution < 1.29 is 19.4 Å². The molecule has 0 aliphatic heterocycles. The first-order valence-electron chi connectivity index (χ1n) is 6.01. The van der Waals surface area contributed by atoms with Gasteiger partial charge in [-0.2, -0.15) is 0 Å². The molecule has 0 aromatic heterocycles. The second-order valence-corrected chi connectivity index (χ2v) is 4.99. The molecular formula is C14H19NO4. The third kappa shape index (κ3) is 4.28. The Morgan fingerprint density at radius 3 is 2.26 bits per heavy atom. The summed E-state index contributed by atoms with van der Waals surface area (Å²) >= 11 is 0. The molecule has 0 saturated carbocycles. The van der Waals surface area contributed by atoms with E-state index >= 15 is 0 Å². The van der Waals surface area contributed by atoms with E-state index in [1.165, 1.54) is 13.8 Å². The lowest BCUT2D eigenvalue weighted by Crippen LogP contribution is -2.53. The SMILES string of the molecule is Cc1ccc(OC(C)C(=O)NC(C)(C)C(=O)O)cc1. The number of ether oxygens (including phenoxy) is 1. The molecule has 0 bridgehead atoms. The second kappa shape index (κ2) is 5.73. The number of aryl methyl sites for hydroxylation is 1. The third-order valence-corrected chi connectivity index (χ3v) is 2.67. The Morgan fingerprint density at radius 1 is 1.26 bits per heavy atom. The zero-order valence-corrected chi connectivity index (χ0v) is 11.6. The lowest BCUT2D eigenvalue weighted by molar-refractivity contribution is -0.147. The van der Waals surface area contributed by atoms with Crippen LogP contribution in [0.1, 0.15) is 26.3 Å². The van der Waals surface area contributed by atoms with Crippen LogP contribution in [-0.2, 0) is 9.59 Å². The number of benzene rings is 1. The van der Waals surface area contributed by atoms with Crippen LogP contribution in [0.25, 0.3) is 0 Å². The minimum atomic E-state index is -1.32. The molecule has 0 saturated heterocycles. The number of rotatable bonds is 5. The van der Waals surface area contributed by atoms with Gasteiger partial charge in [-0.25, -0.2) is 4.79 Å². The lowest BCUT2D eigenvalue weighted by atomic mass is 10.1. The zero-order chi connectivity index (χ0) is 14.6. The maximum absolute atomic E-state index is 11.8. The summed E-state index contributed by atoms with van der Waals surface area (Å²) in [4.78, 5) is 22.8. The second-order valence-electron chi connectivity index (χ2n) is 4.99. The highest BCUT2D eigenvalue weighted by atomic mass is 16.5. The number of hydrogen-bond acceptors (Lipinski definition) is 3. The maximum atomic E-state index is 11.8. The first-order chi connectivity index (χ1) is 8.72. The van der Waals surface area contributed by atoms with E-state index in [0.29, 0.717) is 5.75 Å². The number of carbonyl (C=O) groups excluding carboxylic acids is 1. The summed E-state index contributed by atoms with van der Waals surface area (Å²) in [5, 5.41) is 11.4. The van der Waals surface area contributed by atoms with Crippen LogP contribution in [0.2, 0.25) is 0 Å². The number of carboxylic acid groups (broad SMARTS) is 1. The molecule has 19 heavy (non-hydrogen) atoms. The Balaban J connectivity index is 2.63. The van der Waals surface area contributed by atoms with Gasteiger partial charge in [0.25, 0.3) is 5.91 Å². The highest BCUT2D eigenvalue weighted by Crippen LogP contribution is 2.14. The molecular weight excluding hydrogens is 246 g/mol. The van der Waals surface area contributed by atoms with Crippen molar-refractivity contribution in [3.63, 3.8) is 0 Å². The molecule has 2 N–H and O–H groups in total. The van der Waals surface area contributed by atoms with Gasteiger partial charge >= 0.3 is 5.97 Å². The summed E-state index contributed by atoms with van der Waals surface area (Å²) < 4.78 is 5.45. The molecule has 1 unspecified atom stereocenters. The van der Waals surface area contributed by atoms with Crippen molar-refractivity contribution >= 4 is 11.9 Å². The molecule has 5 nitrogen and oxygen atoms in total. The predicted molar refractivity (Wildman–Crippen MR) is 71.1 cm³/mol. The third-order valence-electron chi connectivity index (χ3n) is 2.67. The number of hydrogen-bond donors (Lipinski definition) is 2. The molecule has 0 radical (unpaired) electrons. The van der Waals surface area contributed by atoms with Gasteiger partial charge in [0.1, 0.15) is 11.3 Å². The number of nitrogens with one attached hydrogen (secondary N) is 1. The monoisotopic (exact) mass is 265 g/mol.